The molecule has 0 saturated heterocycles. The van der Waals surface area contributed by atoms with Crippen molar-refractivity contribution in [1.29, 1.82) is 0 Å². The fourth-order valence-electron chi connectivity index (χ4n) is 0.383. The fourth-order valence-corrected chi connectivity index (χ4v) is 1.15. The van der Waals surface area contributed by atoms with Crippen LogP contribution in [-0.4, -0.2) is 4.98 Å². The van der Waals surface area contributed by atoms with Crippen LogP contribution in [0.15, 0.2) is 5.51 Å². The van der Waals surface area contributed by atoms with Crippen molar-refractivity contribution in [2.45, 2.75) is 6.43 Å². The fraction of sp³-hybridized carbons (Fsp3) is 0.250. The van der Waals surface area contributed by atoms with E-state index in [9.17, 15) is 8.78 Å². The lowest BCUT2D eigenvalue weighted by molar-refractivity contribution is 0.147. The molecule has 1 heterocycles. The molecule has 5 heteroatoms. The largest absolute Gasteiger partial charge is 0.282 e. The normalized spacial score (nSPS) is 10.7. The zero-order valence-corrected chi connectivity index (χ0v) is 5.72. The highest BCUT2D eigenvalue weighted by atomic mass is 35.5. The molecule has 0 aliphatic carbocycles. The molecule has 0 unspecified atom stereocenters. The maximum atomic E-state index is 11.7. The predicted octanol–water partition coefficient (Wildman–Crippen LogP) is 2.73. The van der Waals surface area contributed by atoms with Crippen molar-refractivity contribution in [3.63, 3.8) is 0 Å². The average molecular weight is 170 g/mol. The molecule has 0 aliphatic heterocycles. The Morgan fingerprint density at radius 1 is 1.67 bits per heavy atom. The first kappa shape index (κ1) is 6.89. The maximum Gasteiger partial charge on any atom is 0.282 e. The van der Waals surface area contributed by atoms with Gasteiger partial charge in [-0.3, -0.25) is 0 Å². The van der Waals surface area contributed by atoms with Gasteiger partial charge < -0.3 is 0 Å². The van der Waals surface area contributed by atoms with Gasteiger partial charge in [0.05, 0.1) is 5.51 Å². The predicted molar refractivity (Wildman–Crippen MR) is 32.1 cm³/mol. The van der Waals surface area contributed by atoms with Crippen LogP contribution in [-0.2, 0) is 0 Å². The summed E-state index contributed by atoms with van der Waals surface area (Å²) < 4.78 is 23.5. The number of thiazole rings is 1. The average Bonchev–Trinajstić information content (AvgIpc) is 2.13. The van der Waals surface area contributed by atoms with Crippen LogP contribution in [0.25, 0.3) is 0 Å². The van der Waals surface area contributed by atoms with Crippen molar-refractivity contribution in [2.75, 3.05) is 0 Å². The van der Waals surface area contributed by atoms with Crippen LogP contribution in [0.2, 0.25) is 4.34 Å². The lowest BCUT2D eigenvalue weighted by atomic mass is 10.5. The number of halogens is 3. The minimum atomic E-state index is -2.55. The molecule has 1 aromatic heterocycles. The zero-order valence-electron chi connectivity index (χ0n) is 4.14. The maximum absolute atomic E-state index is 11.7. The van der Waals surface area contributed by atoms with E-state index in [0.717, 1.165) is 11.3 Å². The van der Waals surface area contributed by atoms with Gasteiger partial charge in [-0.15, -0.1) is 11.3 Å². The quantitative estimate of drug-likeness (QED) is 0.630. The monoisotopic (exact) mass is 169 g/mol. The Labute approximate surface area is 59.3 Å². The first-order valence-corrected chi connectivity index (χ1v) is 3.34. The van der Waals surface area contributed by atoms with E-state index in [-0.39, 0.29) is 10.0 Å². The van der Waals surface area contributed by atoms with Crippen molar-refractivity contribution in [1.82, 2.24) is 4.98 Å². The first-order chi connectivity index (χ1) is 4.22. The Morgan fingerprint density at radius 2 is 2.33 bits per heavy atom. The van der Waals surface area contributed by atoms with Gasteiger partial charge in [0.15, 0.2) is 0 Å². The Bertz CT molecular complexity index is 200. The second-order valence-electron chi connectivity index (χ2n) is 1.31. The minimum Gasteiger partial charge on any atom is -0.242 e. The minimum absolute atomic E-state index is 0.0741. The number of rotatable bonds is 1. The van der Waals surface area contributed by atoms with Crippen LogP contribution in [0.5, 0.6) is 0 Å². The van der Waals surface area contributed by atoms with Crippen molar-refractivity contribution in [2.24, 2.45) is 0 Å². The summed E-state index contributed by atoms with van der Waals surface area (Å²) in [5.74, 6) is 0. The van der Waals surface area contributed by atoms with Crippen LogP contribution >= 0.6 is 22.9 Å². The molecule has 0 aliphatic rings. The number of nitrogens with zero attached hydrogens (tertiary/aromatic N) is 1. The second-order valence-corrected chi connectivity index (χ2v) is 2.77. The number of alkyl halides is 2. The van der Waals surface area contributed by atoms with Crippen molar-refractivity contribution in [3.05, 3.63) is 15.5 Å². The van der Waals surface area contributed by atoms with Crippen molar-refractivity contribution < 1.29 is 8.78 Å². The van der Waals surface area contributed by atoms with E-state index in [2.05, 4.69) is 4.98 Å². The number of aromatic nitrogens is 1. The Balaban J connectivity index is 2.94. The summed E-state index contributed by atoms with van der Waals surface area (Å²) in [6.07, 6.45) is -2.55. The van der Waals surface area contributed by atoms with Gasteiger partial charge in [0, 0.05) is 0 Å². The molecule has 0 bridgehead atoms. The molecule has 1 nitrogen and oxygen atoms in total. The van der Waals surface area contributed by atoms with Crippen LogP contribution in [0.4, 0.5) is 8.78 Å². The van der Waals surface area contributed by atoms with Gasteiger partial charge in [0.1, 0.15) is 10.0 Å². The molecule has 0 fully saturated rings. The van der Waals surface area contributed by atoms with Gasteiger partial charge in [-0.05, 0) is 0 Å². The van der Waals surface area contributed by atoms with Crippen LogP contribution in [0.1, 0.15) is 12.1 Å². The summed E-state index contributed by atoms with van der Waals surface area (Å²) in [6, 6.07) is 0. The molecule has 1 rings (SSSR count). The van der Waals surface area contributed by atoms with Gasteiger partial charge in [0.2, 0.25) is 0 Å². The van der Waals surface area contributed by atoms with Gasteiger partial charge in [-0.25, -0.2) is 13.8 Å². The molecule has 0 N–H and O–H groups in total. The molecule has 0 aromatic carbocycles. The van der Waals surface area contributed by atoms with Crippen molar-refractivity contribution in [3.8, 4) is 0 Å². The molecular formula is C4H2ClF2NS. The third-order valence-electron chi connectivity index (χ3n) is 0.756. The Hall–Kier alpha value is -0.220. The summed E-state index contributed by atoms with van der Waals surface area (Å²) in [4.78, 5) is 3.35. The molecule has 0 amide bonds. The number of hydrogen-bond donors (Lipinski definition) is 0. The smallest absolute Gasteiger partial charge is 0.242 e. The summed E-state index contributed by atoms with van der Waals surface area (Å²) in [7, 11) is 0. The molecule has 0 spiro atoms. The van der Waals surface area contributed by atoms with E-state index in [4.69, 9.17) is 11.6 Å². The van der Waals surface area contributed by atoms with E-state index in [1.165, 1.54) is 5.51 Å². The van der Waals surface area contributed by atoms with Gasteiger partial charge in [0.25, 0.3) is 6.43 Å². The summed E-state index contributed by atoms with van der Waals surface area (Å²) in [6.45, 7) is 0. The van der Waals surface area contributed by atoms with Gasteiger partial charge in [-0.2, -0.15) is 0 Å². The summed E-state index contributed by atoms with van der Waals surface area (Å²) in [5, 5.41) is 0. The lowest BCUT2D eigenvalue weighted by Crippen LogP contribution is -1.82. The Morgan fingerprint density at radius 3 is 2.56 bits per heavy atom. The molecule has 0 saturated carbocycles. The van der Waals surface area contributed by atoms with Crippen LogP contribution < -0.4 is 0 Å². The van der Waals surface area contributed by atoms with Crippen LogP contribution in [0.3, 0.4) is 0 Å². The van der Waals surface area contributed by atoms with E-state index < -0.39 is 6.43 Å². The molecule has 0 atom stereocenters. The SMILES string of the molecule is FC(F)c1ncsc1Cl. The van der Waals surface area contributed by atoms with E-state index in [0.29, 0.717) is 0 Å². The van der Waals surface area contributed by atoms with E-state index >= 15 is 0 Å². The molecule has 1 aromatic rings. The van der Waals surface area contributed by atoms with E-state index in [1.807, 2.05) is 0 Å². The van der Waals surface area contributed by atoms with Gasteiger partial charge >= 0.3 is 0 Å². The topological polar surface area (TPSA) is 12.9 Å². The molecule has 50 valence electrons. The second kappa shape index (κ2) is 2.58. The zero-order chi connectivity index (χ0) is 6.85. The van der Waals surface area contributed by atoms with Crippen molar-refractivity contribution >= 4 is 22.9 Å². The highest BCUT2D eigenvalue weighted by Gasteiger charge is 2.13. The number of hydrogen-bond acceptors (Lipinski definition) is 2. The third-order valence-corrected chi connectivity index (χ3v) is 1.84. The highest BCUT2D eigenvalue weighted by Crippen LogP contribution is 2.28. The highest BCUT2D eigenvalue weighted by molar-refractivity contribution is 7.14. The molecule has 9 heavy (non-hydrogen) atoms. The molecule has 0 radical (unpaired) electrons. The molecular weight excluding hydrogens is 168 g/mol. The van der Waals surface area contributed by atoms with Crippen LogP contribution in [0, 0.1) is 0 Å². The summed E-state index contributed by atoms with van der Waals surface area (Å²) in [5.41, 5.74) is 0.978. The third kappa shape index (κ3) is 1.37. The van der Waals surface area contributed by atoms with Gasteiger partial charge in [-0.1, -0.05) is 11.6 Å². The standard InChI is InChI=1S/C4H2ClF2NS/c5-3-2(4(6)7)8-1-9-3/h1,4H. The van der Waals surface area contributed by atoms with E-state index in [1.54, 1.807) is 0 Å². The summed E-state index contributed by atoms with van der Waals surface area (Å²) >= 11 is 6.32. The lowest BCUT2D eigenvalue weighted by Gasteiger charge is -1.89. The Kier molecular flexibility index (Phi) is 1.97. The first-order valence-electron chi connectivity index (χ1n) is 2.09.